The van der Waals surface area contributed by atoms with E-state index in [0.717, 1.165) is 5.75 Å². The first-order valence-electron chi connectivity index (χ1n) is 7.68. The fourth-order valence-electron chi connectivity index (χ4n) is 2.48. The minimum atomic E-state index is 0.237. The SMILES string of the molecule is COc1ccc([C@@H](C)Nc2ccccc2[C@@H](C)N(C)C)cc1. The molecule has 3 nitrogen and oxygen atoms in total. The summed E-state index contributed by atoms with van der Waals surface area (Å²) >= 11 is 0. The van der Waals surface area contributed by atoms with E-state index < -0.39 is 0 Å². The molecular weight excluding hydrogens is 272 g/mol. The molecule has 0 amide bonds. The van der Waals surface area contributed by atoms with Gasteiger partial charge in [-0.3, -0.25) is 0 Å². The third kappa shape index (κ3) is 3.80. The van der Waals surface area contributed by atoms with Crippen molar-refractivity contribution in [1.29, 1.82) is 0 Å². The minimum Gasteiger partial charge on any atom is -0.497 e. The van der Waals surface area contributed by atoms with Gasteiger partial charge in [0.15, 0.2) is 0 Å². The first-order valence-corrected chi connectivity index (χ1v) is 7.68. The molecule has 0 fully saturated rings. The van der Waals surface area contributed by atoms with Gasteiger partial charge in [0.25, 0.3) is 0 Å². The maximum absolute atomic E-state index is 5.22. The quantitative estimate of drug-likeness (QED) is 0.850. The summed E-state index contributed by atoms with van der Waals surface area (Å²) in [5.74, 6) is 0.887. The molecule has 3 heteroatoms. The van der Waals surface area contributed by atoms with Crippen LogP contribution in [0.5, 0.6) is 5.75 Å². The Balaban J connectivity index is 2.19. The van der Waals surface area contributed by atoms with Gasteiger partial charge < -0.3 is 15.0 Å². The number of hydrogen-bond acceptors (Lipinski definition) is 3. The topological polar surface area (TPSA) is 24.5 Å². The fourth-order valence-corrected chi connectivity index (χ4v) is 2.48. The number of nitrogens with zero attached hydrogens (tertiary/aromatic N) is 1. The molecule has 0 aromatic heterocycles. The van der Waals surface area contributed by atoms with E-state index in [0.29, 0.717) is 6.04 Å². The molecule has 2 aromatic rings. The van der Waals surface area contributed by atoms with Gasteiger partial charge >= 0.3 is 0 Å². The zero-order chi connectivity index (χ0) is 16.1. The largest absolute Gasteiger partial charge is 0.497 e. The highest BCUT2D eigenvalue weighted by Crippen LogP contribution is 2.29. The molecule has 2 atom stereocenters. The van der Waals surface area contributed by atoms with Gasteiger partial charge in [-0.05, 0) is 57.3 Å². The average molecular weight is 298 g/mol. The van der Waals surface area contributed by atoms with E-state index in [1.807, 2.05) is 12.1 Å². The maximum atomic E-state index is 5.22. The van der Waals surface area contributed by atoms with Crippen LogP contribution in [0.3, 0.4) is 0 Å². The van der Waals surface area contributed by atoms with Gasteiger partial charge in [0, 0.05) is 17.8 Å². The van der Waals surface area contributed by atoms with E-state index >= 15 is 0 Å². The van der Waals surface area contributed by atoms with E-state index in [1.54, 1.807) is 7.11 Å². The van der Waals surface area contributed by atoms with Crippen LogP contribution in [-0.2, 0) is 0 Å². The Hall–Kier alpha value is -2.00. The van der Waals surface area contributed by atoms with Crippen LogP contribution in [0.4, 0.5) is 5.69 Å². The number of hydrogen-bond donors (Lipinski definition) is 1. The van der Waals surface area contributed by atoms with Gasteiger partial charge in [0.05, 0.1) is 7.11 Å². The summed E-state index contributed by atoms with van der Waals surface area (Å²) in [5, 5.41) is 3.63. The van der Waals surface area contributed by atoms with Crippen molar-refractivity contribution in [3.63, 3.8) is 0 Å². The summed E-state index contributed by atoms with van der Waals surface area (Å²) in [6.07, 6.45) is 0. The number of benzene rings is 2. The zero-order valence-electron chi connectivity index (χ0n) is 14.1. The van der Waals surface area contributed by atoms with Gasteiger partial charge in [-0.15, -0.1) is 0 Å². The Labute approximate surface area is 133 Å². The van der Waals surface area contributed by atoms with Crippen molar-refractivity contribution in [2.75, 3.05) is 26.5 Å². The number of ether oxygens (including phenoxy) is 1. The summed E-state index contributed by atoms with van der Waals surface area (Å²) in [4.78, 5) is 2.22. The first kappa shape index (κ1) is 16.4. The molecule has 0 saturated heterocycles. The summed E-state index contributed by atoms with van der Waals surface area (Å²) in [6.45, 7) is 4.40. The summed E-state index contributed by atoms with van der Waals surface area (Å²) in [6, 6.07) is 17.3. The highest BCUT2D eigenvalue weighted by Gasteiger charge is 2.14. The van der Waals surface area contributed by atoms with Crippen molar-refractivity contribution in [2.24, 2.45) is 0 Å². The molecule has 0 saturated carbocycles. The van der Waals surface area contributed by atoms with Crippen LogP contribution in [-0.4, -0.2) is 26.1 Å². The summed E-state index contributed by atoms with van der Waals surface area (Å²) in [7, 11) is 5.90. The number of methoxy groups -OCH3 is 1. The van der Waals surface area contributed by atoms with Crippen molar-refractivity contribution in [1.82, 2.24) is 4.90 Å². The smallest absolute Gasteiger partial charge is 0.118 e. The molecule has 0 aliphatic heterocycles. The summed E-state index contributed by atoms with van der Waals surface area (Å²) in [5.41, 5.74) is 3.74. The van der Waals surface area contributed by atoms with Gasteiger partial charge in [-0.2, -0.15) is 0 Å². The van der Waals surface area contributed by atoms with Gasteiger partial charge in [-0.1, -0.05) is 30.3 Å². The fraction of sp³-hybridized carbons (Fsp3) is 0.368. The molecule has 0 radical (unpaired) electrons. The highest BCUT2D eigenvalue weighted by molar-refractivity contribution is 5.54. The van der Waals surface area contributed by atoms with Crippen LogP contribution in [0, 0.1) is 0 Å². The van der Waals surface area contributed by atoms with Crippen LogP contribution in [0.1, 0.15) is 37.1 Å². The average Bonchev–Trinajstić information content (AvgIpc) is 2.54. The highest BCUT2D eigenvalue weighted by atomic mass is 16.5. The van der Waals surface area contributed by atoms with Crippen molar-refractivity contribution < 1.29 is 4.74 Å². The lowest BCUT2D eigenvalue weighted by Crippen LogP contribution is -2.19. The monoisotopic (exact) mass is 298 g/mol. The molecule has 2 rings (SSSR count). The molecule has 2 aromatic carbocycles. The van der Waals surface area contributed by atoms with Crippen LogP contribution in [0.2, 0.25) is 0 Å². The minimum absolute atomic E-state index is 0.237. The van der Waals surface area contributed by atoms with Crippen LogP contribution < -0.4 is 10.1 Å². The molecule has 0 heterocycles. The lowest BCUT2D eigenvalue weighted by Gasteiger charge is -2.25. The Morgan fingerprint density at radius 1 is 0.955 bits per heavy atom. The van der Waals surface area contributed by atoms with Crippen LogP contribution >= 0.6 is 0 Å². The molecule has 118 valence electrons. The van der Waals surface area contributed by atoms with E-state index in [9.17, 15) is 0 Å². The molecule has 0 aliphatic rings. The normalized spacial score (nSPS) is 13.7. The molecule has 1 N–H and O–H groups in total. The van der Waals surface area contributed by atoms with E-state index in [2.05, 4.69) is 74.6 Å². The molecule has 0 bridgehead atoms. The van der Waals surface area contributed by atoms with E-state index in [1.165, 1.54) is 16.8 Å². The second-order valence-electron chi connectivity index (χ2n) is 5.87. The standard InChI is InChI=1S/C19H26N2O/c1-14(16-10-12-17(22-5)13-11-16)20-19-9-7-6-8-18(19)15(2)21(3)4/h6-15,20H,1-5H3/t14-,15-/m1/s1. The molecule has 0 unspecified atom stereocenters. The number of nitrogens with one attached hydrogen (secondary N) is 1. The molecular formula is C19H26N2O. The lowest BCUT2D eigenvalue weighted by atomic mass is 10.0. The third-order valence-electron chi connectivity index (χ3n) is 4.17. The second kappa shape index (κ2) is 7.32. The van der Waals surface area contributed by atoms with Gasteiger partial charge in [0.2, 0.25) is 0 Å². The predicted octanol–water partition coefficient (Wildman–Crippen LogP) is 4.49. The number of para-hydroxylation sites is 1. The lowest BCUT2D eigenvalue weighted by molar-refractivity contribution is 0.321. The molecule has 22 heavy (non-hydrogen) atoms. The molecule has 0 spiro atoms. The summed E-state index contributed by atoms with van der Waals surface area (Å²) < 4.78 is 5.22. The maximum Gasteiger partial charge on any atom is 0.118 e. The van der Waals surface area contributed by atoms with E-state index in [-0.39, 0.29) is 6.04 Å². The van der Waals surface area contributed by atoms with Crippen molar-refractivity contribution in [3.8, 4) is 5.75 Å². The third-order valence-corrected chi connectivity index (χ3v) is 4.17. The Bertz CT molecular complexity index is 593. The number of anilines is 1. The van der Waals surface area contributed by atoms with Crippen molar-refractivity contribution in [2.45, 2.75) is 25.9 Å². The predicted molar refractivity (Wildman–Crippen MR) is 93.6 cm³/mol. The van der Waals surface area contributed by atoms with Crippen molar-refractivity contribution >= 4 is 5.69 Å². The zero-order valence-corrected chi connectivity index (χ0v) is 14.1. The van der Waals surface area contributed by atoms with Gasteiger partial charge in [0.1, 0.15) is 5.75 Å². The van der Waals surface area contributed by atoms with Crippen LogP contribution in [0.25, 0.3) is 0 Å². The Morgan fingerprint density at radius 2 is 1.59 bits per heavy atom. The van der Waals surface area contributed by atoms with Crippen molar-refractivity contribution in [3.05, 3.63) is 59.7 Å². The Morgan fingerprint density at radius 3 is 2.18 bits per heavy atom. The molecule has 0 aliphatic carbocycles. The number of rotatable bonds is 6. The second-order valence-corrected chi connectivity index (χ2v) is 5.87. The first-order chi connectivity index (χ1) is 10.5. The van der Waals surface area contributed by atoms with E-state index in [4.69, 9.17) is 4.74 Å². The van der Waals surface area contributed by atoms with Crippen LogP contribution in [0.15, 0.2) is 48.5 Å². The van der Waals surface area contributed by atoms with Gasteiger partial charge in [-0.25, -0.2) is 0 Å². The Kier molecular flexibility index (Phi) is 5.45.